The van der Waals surface area contributed by atoms with Crippen LogP contribution in [0.1, 0.15) is 12.8 Å². The van der Waals surface area contributed by atoms with Crippen LogP contribution in [0.4, 0.5) is 0 Å². The maximum Gasteiger partial charge on any atom is 0.319 e. The van der Waals surface area contributed by atoms with Gasteiger partial charge in [-0.3, -0.25) is 0 Å². The molecule has 1 rings (SSSR count). The molecule has 1 aliphatic rings. The lowest BCUT2D eigenvalue weighted by Crippen LogP contribution is -2.24. The molecule has 0 saturated carbocycles. The molecule has 0 aromatic rings. The molecule has 33 valence electrons. The van der Waals surface area contributed by atoms with Crippen LogP contribution >= 0.6 is 0 Å². The maximum atomic E-state index is 3.37. The van der Waals surface area contributed by atoms with Crippen LogP contribution in [0.15, 0.2) is 0 Å². The summed E-state index contributed by atoms with van der Waals surface area (Å²) < 4.78 is 3.37. The van der Waals surface area contributed by atoms with Gasteiger partial charge in [0.1, 0.15) is 0 Å². The quantitative estimate of drug-likeness (QED) is 0.432. The zero-order valence-electron chi connectivity index (χ0n) is 3.91. The van der Waals surface area contributed by atoms with Gasteiger partial charge in [0, 0.05) is 0 Å². The topological polar surface area (TPSA) is 12.0 Å². The molecule has 0 bridgehead atoms. The van der Waals surface area contributed by atoms with Gasteiger partial charge in [-0.2, -0.15) is 0 Å². The van der Waals surface area contributed by atoms with Crippen molar-refractivity contribution in [2.24, 2.45) is 0 Å². The maximum absolute atomic E-state index is 3.37. The molecule has 1 fully saturated rings. The molecule has 0 unspecified atom stereocenters. The third kappa shape index (κ3) is 1.30. The van der Waals surface area contributed by atoms with Crippen LogP contribution in [0.5, 0.6) is 0 Å². The lowest BCUT2D eigenvalue weighted by Gasteiger charge is -2.07. The number of hydrogen-bond acceptors (Lipinski definition) is 1. The number of hydrogen-bond donors (Lipinski definition) is 1. The Morgan fingerprint density at radius 3 is 2.50 bits per heavy atom. The molecule has 1 heterocycles. The average molecular weight is 98.1 g/mol. The van der Waals surface area contributed by atoms with Crippen molar-refractivity contribution in [1.29, 1.82) is 0 Å². The third-order valence-corrected chi connectivity index (χ3v) is 2.34. The second-order valence-electron chi connectivity index (χ2n) is 1.65. The second kappa shape index (κ2) is 2.63. The van der Waals surface area contributed by atoms with Crippen LogP contribution in [0, 0.1) is 0 Å². The Bertz CT molecular complexity index is 23.0. The van der Waals surface area contributed by atoms with E-state index >= 15 is 0 Å². The standard InChI is InChI=1S/C4H9N.Al/c1-2-3-4-5;/h5H,1-4H2;/q-1;+1. The van der Waals surface area contributed by atoms with Crippen molar-refractivity contribution in [2.75, 3.05) is 6.54 Å². The molecule has 1 N–H and O–H groups in total. The van der Waals surface area contributed by atoms with Crippen LogP contribution < -0.4 is 4.30 Å². The van der Waals surface area contributed by atoms with E-state index in [9.17, 15) is 0 Å². The Hall–Kier alpha value is 0.492. The Kier molecular flexibility index (Phi) is 2.04. The molecule has 0 atom stereocenters. The third-order valence-electron chi connectivity index (χ3n) is 1.06. The number of nitrogens with one attached hydrogen (secondary N) is 1. The molecular formula is C4H9AlN. The molecule has 6 heavy (non-hydrogen) atoms. The SMILES string of the molecule is C1C[CH2][Al][NH]C1. The van der Waals surface area contributed by atoms with Gasteiger partial charge in [-0.15, -0.1) is 0 Å². The van der Waals surface area contributed by atoms with Gasteiger partial charge in [0.05, 0.1) is 0 Å². The summed E-state index contributed by atoms with van der Waals surface area (Å²) in [6.07, 6.45) is 2.88. The van der Waals surface area contributed by atoms with Crippen molar-refractivity contribution < 1.29 is 0 Å². The molecule has 0 aliphatic carbocycles. The van der Waals surface area contributed by atoms with Crippen molar-refractivity contribution >= 4 is 15.4 Å². The minimum atomic E-state index is 0.655. The summed E-state index contributed by atoms with van der Waals surface area (Å²) in [5.41, 5.74) is 0. The predicted octanol–water partition coefficient (Wildman–Crippen LogP) is 0.407. The molecule has 0 spiro atoms. The fraction of sp³-hybridized carbons (Fsp3) is 1.00. The van der Waals surface area contributed by atoms with E-state index in [-0.39, 0.29) is 0 Å². The van der Waals surface area contributed by atoms with Crippen LogP contribution in [0.3, 0.4) is 0 Å². The molecule has 0 aromatic carbocycles. The molecule has 1 nitrogen and oxygen atoms in total. The van der Waals surface area contributed by atoms with Gasteiger partial charge in [0.25, 0.3) is 0 Å². The van der Waals surface area contributed by atoms with E-state index in [1.54, 1.807) is 0 Å². The summed E-state index contributed by atoms with van der Waals surface area (Å²) in [5.74, 6) is 0. The summed E-state index contributed by atoms with van der Waals surface area (Å²) in [7, 11) is 0. The Labute approximate surface area is 45.1 Å². The van der Waals surface area contributed by atoms with Gasteiger partial charge >= 0.3 is 15.4 Å². The lowest BCUT2D eigenvalue weighted by molar-refractivity contribution is 0.722. The van der Waals surface area contributed by atoms with Gasteiger partial charge in [0.2, 0.25) is 0 Å². The second-order valence-corrected chi connectivity index (χ2v) is 3.05. The monoisotopic (exact) mass is 98.1 g/mol. The van der Waals surface area contributed by atoms with Crippen LogP contribution in [-0.2, 0) is 0 Å². The fourth-order valence-electron chi connectivity index (χ4n) is 0.678. The minimum Gasteiger partial charge on any atom is -0.406 e. The van der Waals surface area contributed by atoms with Crippen LogP contribution in [-0.4, -0.2) is 22.0 Å². The first kappa shape index (κ1) is 4.65. The van der Waals surface area contributed by atoms with Gasteiger partial charge in [-0.1, -0.05) is 11.7 Å². The van der Waals surface area contributed by atoms with E-state index in [1.807, 2.05) is 0 Å². The fourth-order valence-corrected chi connectivity index (χ4v) is 1.78. The molecule has 1 saturated heterocycles. The van der Waals surface area contributed by atoms with Crippen molar-refractivity contribution in [3.8, 4) is 0 Å². The minimum absolute atomic E-state index is 0.655. The van der Waals surface area contributed by atoms with E-state index in [0.29, 0.717) is 15.4 Å². The lowest BCUT2D eigenvalue weighted by atomic mass is 10.3. The zero-order chi connectivity index (χ0) is 4.24. The largest absolute Gasteiger partial charge is 0.406 e. The van der Waals surface area contributed by atoms with Crippen molar-refractivity contribution in [3.63, 3.8) is 0 Å². The number of rotatable bonds is 0. The first-order valence-corrected chi connectivity index (χ1v) is 3.94. The smallest absolute Gasteiger partial charge is 0.319 e. The van der Waals surface area contributed by atoms with Crippen molar-refractivity contribution in [3.05, 3.63) is 0 Å². The Morgan fingerprint density at radius 1 is 1.33 bits per heavy atom. The molecule has 1 radical (unpaired) electrons. The highest BCUT2D eigenvalue weighted by Gasteiger charge is 1.97. The first-order valence-electron chi connectivity index (χ1n) is 2.55. The molecular weight excluding hydrogens is 89.0 g/mol. The Morgan fingerprint density at radius 2 is 2.33 bits per heavy atom. The summed E-state index contributed by atoms with van der Waals surface area (Å²) in [6.45, 7) is 1.29. The average Bonchev–Trinajstić information content (AvgIpc) is 1.72. The summed E-state index contributed by atoms with van der Waals surface area (Å²) in [6, 6.07) is 0. The van der Waals surface area contributed by atoms with Crippen LogP contribution in [0.25, 0.3) is 0 Å². The van der Waals surface area contributed by atoms with E-state index in [4.69, 9.17) is 0 Å². The van der Waals surface area contributed by atoms with Gasteiger partial charge < -0.3 is 4.30 Å². The van der Waals surface area contributed by atoms with E-state index < -0.39 is 0 Å². The summed E-state index contributed by atoms with van der Waals surface area (Å²) in [5, 5.41) is 1.47. The molecule has 0 aromatic heterocycles. The predicted molar refractivity (Wildman–Crippen MR) is 27.8 cm³/mol. The van der Waals surface area contributed by atoms with Gasteiger partial charge in [0.15, 0.2) is 0 Å². The Balaban J connectivity index is 2.00. The highest BCUT2D eigenvalue weighted by atomic mass is 27.1. The summed E-state index contributed by atoms with van der Waals surface area (Å²) in [4.78, 5) is 0. The van der Waals surface area contributed by atoms with E-state index in [1.165, 1.54) is 24.7 Å². The highest BCUT2D eigenvalue weighted by molar-refractivity contribution is 6.32. The van der Waals surface area contributed by atoms with E-state index in [0.717, 1.165) is 0 Å². The van der Waals surface area contributed by atoms with Gasteiger partial charge in [-0.25, -0.2) is 0 Å². The van der Waals surface area contributed by atoms with Crippen molar-refractivity contribution in [1.82, 2.24) is 4.30 Å². The van der Waals surface area contributed by atoms with Gasteiger partial charge in [-0.05, 0) is 13.0 Å². The normalized spacial score (nSPS) is 22.7. The molecule has 0 amide bonds. The summed E-state index contributed by atoms with van der Waals surface area (Å²) >= 11 is 0.655. The van der Waals surface area contributed by atoms with Crippen LogP contribution in [0.2, 0.25) is 5.28 Å². The first-order chi connectivity index (χ1) is 3.00. The van der Waals surface area contributed by atoms with E-state index in [2.05, 4.69) is 4.30 Å². The molecule has 1 aliphatic heterocycles. The highest BCUT2D eigenvalue weighted by Crippen LogP contribution is 1.96. The van der Waals surface area contributed by atoms with Crippen molar-refractivity contribution in [2.45, 2.75) is 18.1 Å². The molecule has 2 heteroatoms. The zero-order valence-corrected chi connectivity index (χ0v) is 5.06.